The zero-order valence-electron chi connectivity index (χ0n) is 13.2. The Morgan fingerprint density at radius 2 is 2.05 bits per heavy atom. The van der Waals surface area contributed by atoms with E-state index in [1.165, 1.54) is 22.3 Å². The third-order valence-corrected chi connectivity index (χ3v) is 4.42. The minimum absolute atomic E-state index is 0.0796. The van der Waals surface area contributed by atoms with Crippen LogP contribution in [0.4, 0.5) is 5.69 Å². The number of rotatable bonds is 4. The van der Waals surface area contributed by atoms with Gasteiger partial charge in [-0.1, -0.05) is 32.1 Å². The fourth-order valence-electron chi connectivity index (χ4n) is 2.86. The summed E-state index contributed by atoms with van der Waals surface area (Å²) >= 11 is 0. The van der Waals surface area contributed by atoms with E-state index in [4.69, 9.17) is 0 Å². The van der Waals surface area contributed by atoms with Crippen molar-refractivity contribution in [3.8, 4) is 0 Å². The number of carbonyl (C=O) groups is 1. The molecule has 1 aromatic rings. The Balaban J connectivity index is 2.42. The van der Waals surface area contributed by atoms with Crippen molar-refractivity contribution in [1.29, 1.82) is 0 Å². The van der Waals surface area contributed by atoms with Crippen molar-refractivity contribution in [1.82, 2.24) is 0 Å². The van der Waals surface area contributed by atoms with E-state index >= 15 is 0 Å². The molecule has 0 aliphatic heterocycles. The number of amides is 1. The van der Waals surface area contributed by atoms with Crippen molar-refractivity contribution in [3.63, 3.8) is 0 Å². The third-order valence-electron chi connectivity index (χ3n) is 4.42. The first kappa shape index (κ1) is 15.5. The number of allylic oxidation sites excluding steroid dienone is 1. The van der Waals surface area contributed by atoms with Crippen LogP contribution in [0, 0.1) is 0 Å². The number of benzene rings is 1. The number of hydrogen-bond acceptors (Lipinski definition) is 2. The molecule has 1 aromatic carbocycles. The van der Waals surface area contributed by atoms with Gasteiger partial charge in [-0.15, -0.1) is 0 Å². The van der Waals surface area contributed by atoms with Crippen LogP contribution in [-0.2, 0) is 10.2 Å². The normalized spacial score (nSPS) is 15.9. The largest absolute Gasteiger partial charge is 0.396 e. The molecule has 0 radical (unpaired) electrons. The molecule has 0 saturated carbocycles. The van der Waals surface area contributed by atoms with Gasteiger partial charge in [-0.3, -0.25) is 4.79 Å². The standard InChI is InChI=1S/C18H23NO2/c1-11(2)17(21)19-13-6-7-15-14(8-9-20)12(3)18(4,5)16(15)10-13/h6-7,10,20H,1,8-9H2,2-5H3,(H,19,21). The Morgan fingerprint density at radius 1 is 1.38 bits per heavy atom. The van der Waals surface area contributed by atoms with Crippen LogP contribution < -0.4 is 5.32 Å². The van der Waals surface area contributed by atoms with E-state index in [2.05, 4.69) is 32.7 Å². The summed E-state index contributed by atoms with van der Waals surface area (Å²) in [7, 11) is 0. The molecule has 1 aliphatic carbocycles. The highest BCUT2D eigenvalue weighted by Gasteiger charge is 2.34. The molecular formula is C18H23NO2. The molecule has 2 N–H and O–H groups in total. The van der Waals surface area contributed by atoms with Crippen LogP contribution in [0.5, 0.6) is 0 Å². The third kappa shape index (κ3) is 2.66. The second-order valence-electron chi connectivity index (χ2n) is 6.20. The van der Waals surface area contributed by atoms with Crippen LogP contribution in [0.3, 0.4) is 0 Å². The monoisotopic (exact) mass is 285 g/mol. The SMILES string of the molecule is C=C(C)C(=O)Nc1ccc2c(c1)C(C)(C)C(C)=C2CCO. The van der Waals surface area contributed by atoms with Gasteiger partial charge in [-0.05, 0) is 49.1 Å². The highest BCUT2D eigenvalue weighted by atomic mass is 16.3. The summed E-state index contributed by atoms with van der Waals surface area (Å²) in [6.07, 6.45) is 0.666. The van der Waals surface area contributed by atoms with Crippen molar-refractivity contribution >= 4 is 17.2 Å². The minimum Gasteiger partial charge on any atom is -0.396 e. The van der Waals surface area contributed by atoms with Gasteiger partial charge in [-0.25, -0.2) is 0 Å². The van der Waals surface area contributed by atoms with E-state index in [-0.39, 0.29) is 17.9 Å². The minimum atomic E-state index is -0.161. The molecule has 112 valence electrons. The number of aliphatic hydroxyl groups excluding tert-OH is 1. The second-order valence-corrected chi connectivity index (χ2v) is 6.20. The van der Waals surface area contributed by atoms with E-state index in [0.29, 0.717) is 12.0 Å². The maximum Gasteiger partial charge on any atom is 0.250 e. The van der Waals surface area contributed by atoms with Gasteiger partial charge in [0.1, 0.15) is 0 Å². The molecule has 0 heterocycles. The molecule has 3 nitrogen and oxygen atoms in total. The number of hydrogen-bond donors (Lipinski definition) is 2. The Kier molecular flexibility index (Phi) is 4.06. The summed E-state index contributed by atoms with van der Waals surface area (Å²) in [5.74, 6) is -0.161. The highest BCUT2D eigenvalue weighted by Crippen LogP contribution is 2.47. The highest BCUT2D eigenvalue weighted by molar-refractivity contribution is 6.03. The summed E-state index contributed by atoms with van der Waals surface area (Å²) < 4.78 is 0. The second kappa shape index (κ2) is 5.49. The molecular weight excluding hydrogens is 262 g/mol. The van der Waals surface area contributed by atoms with Crippen molar-refractivity contribution in [2.24, 2.45) is 0 Å². The van der Waals surface area contributed by atoms with E-state index in [9.17, 15) is 9.90 Å². The van der Waals surface area contributed by atoms with Gasteiger partial charge in [-0.2, -0.15) is 0 Å². The quantitative estimate of drug-likeness (QED) is 0.830. The predicted octanol–water partition coefficient (Wildman–Crippen LogP) is 3.65. The van der Waals surface area contributed by atoms with Crippen LogP contribution >= 0.6 is 0 Å². The molecule has 3 heteroatoms. The van der Waals surface area contributed by atoms with Gasteiger partial charge in [0.15, 0.2) is 0 Å². The smallest absolute Gasteiger partial charge is 0.250 e. The number of nitrogens with one attached hydrogen (secondary N) is 1. The van der Waals surface area contributed by atoms with Crippen molar-refractivity contribution in [2.75, 3.05) is 11.9 Å². The Hall–Kier alpha value is -1.87. The molecule has 0 fully saturated rings. The van der Waals surface area contributed by atoms with Crippen molar-refractivity contribution in [3.05, 3.63) is 47.1 Å². The number of anilines is 1. The summed E-state index contributed by atoms with van der Waals surface area (Å²) in [6.45, 7) is 12.0. The van der Waals surface area contributed by atoms with Crippen LogP contribution in [0.25, 0.3) is 5.57 Å². The molecule has 0 spiro atoms. The number of fused-ring (bicyclic) bond motifs is 1. The topological polar surface area (TPSA) is 49.3 Å². The first-order chi connectivity index (χ1) is 9.78. The Labute approximate surface area is 126 Å². The lowest BCUT2D eigenvalue weighted by atomic mass is 9.82. The van der Waals surface area contributed by atoms with Crippen LogP contribution in [0.2, 0.25) is 0 Å². The van der Waals surface area contributed by atoms with Crippen LogP contribution in [-0.4, -0.2) is 17.6 Å². The summed E-state index contributed by atoms with van der Waals surface area (Å²) in [4.78, 5) is 11.8. The van der Waals surface area contributed by atoms with E-state index in [0.717, 1.165) is 5.69 Å². The number of carbonyl (C=O) groups excluding carboxylic acids is 1. The fourth-order valence-corrected chi connectivity index (χ4v) is 2.86. The molecule has 0 atom stereocenters. The molecule has 0 saturated heterocycles. The first-order valence-corrected chi connectivity index (χ1v) is 7.22. The van der Waals surface area contributed by atoms with Gasteiger partial charge in [0.05, 0.1) is 0 Å². The molecule has 0 bridgehead atoms. The average Bonchev–Trinajstić information content (AvgIpc) is 2.60. The number of aliphatic hydroxyl groups is 1. The average molecular weight is 285 g/mol. The molecule has 1 amide bonds. The zero-order chi connectivity index (χ0) is 15.8. The Morgan fingerprint density at radius 3 is 2.62 bits per heavy atom. The molecule has 1 aliphatic rings. The van der Waals surface area contributed by atoms with E-state index in [1.807, 2.05) is 18.2 Å². The lowest BCUT2D eigenvalue weighted by Gasteiger charge is -2.23. The summed E-state index contributed by atoms with van der Waals surface area (Å²) in [5, 5.41) is 12.1. The molecule has 0 aromatic heterocycles. The lowest BCUT2D eigenvalue weighted by molar-refractivity contribution is -0.112. The summed E-state index contributed by atoms with van der Waals surface area (Å²) in [5.41, 5.74) is 6.08. The van der Waals surface area contributed by atoms with Crippen molar-refractivity contribution in [2.45, 2.75) is 39.5 Å². The molecule has 0 unspecified atom stereocenters. The van der Waals surface area contributed by atoms with Gasteiger partial charge in [0, 0.05) is 23.3 Å². The first-order valence-electron chi connectivity index (χ1n) is 7.22. The Bertz CT molecular complexity index is 639. The van der Waals surface area contributed by atoms with Gasteiger partial charge in [0.25, 0.3) is 5.91 Å². The van der Waals surface area contributed by atoms with Crippen LogP contribution in [0.15, 0.2) is 35.9 Å². The fraction of sp³-hybridized carbons (Fsp3) is 0.389. The maximum atomic E-state index is 11.8. The summed E-state index contributed by atoms with van der Waals surface area (Å²) in [6, 6.07) is 5.97. The molecule has 2 rings (SSSR count). The van der Waals surface area contributed by atoms with Gasteiger partial charge in [0.2, 0.25) is 0 Å². The lowest BCUT2D eigenvalue weighted by Crippen LogP contribution is -2.17. The van der Waals surface area contributed by atoms with E-state index in [1.54, 1.807) is 6.92 Å². The van der Waals surface area contributed by atoms with Gasteiger partial charge >= 0.3 is 0 Å². The van der Waals surface area contributed by atoms with Crippen molar-refractivity contribution < 1.29 is 9.90 Å². The zero-order valence-corrected chi connectivity index (χ0v) is 13.2. The predicted molar refractivity (Wildman–Crippen MR) is 87.2 cm³/mol. The molecule has 21 heavy (non-hydrogen) atoms. The van der Waals surface area contributed by atoms with Crippen LogP contribution in [0.1, 0.15) is 45.2 Å². The maximum absolute atomic E-state index is 11.8. The van der Waals surface area contributed by atoms with Gasteiger partial charge < -0.3 is 10.4 Å². The van der Waals surface area contributed by atoms with E-state index < -0.39 is 0 Å².